The van der Waals surface area contributed by atoms with Gasteiger partial charge in [-0.15, -0.1) is 0 Å². The van der Waals surface area contributed by atoms with Gasteiger partial charge in [-0.1, -0.05) is 29.8 Å². The van der Waals surface area contributed by atoms with Crippen LogP contribution in [-0.2, 0) is 15.5 Å². The third kappa shape index (κ3) is 4.73. The predicted molar refractivity (Wildman–Crippen MR) is 85.1 cm³/mol. The Labute approximate surface area is 140 Å². The molecule has 2 atom stereocenters. The molecule has 0 saturated heterocycles. The Morgan fingerprint density at radius 2 is 1.83 bits per heavy atom. The summed E-state index contributed by atoms with van der Waals surface area (Å²) >= 11 is -2.69. The van der Waals surface area contributed by atoms with E-state index in [1.165, 1.54) is 6.07 Å². The molecule has 24 heavy (non-hydrogen) atoms. The number of benzene rings is 2. The van der Waals surface area contributed by atoms with E-state index in [0.29, 0.717) is 0 Å². The van der Waals surface area contributed by atoms with E-state index in [1.54, 1.807) is 12.1 Å². The number of rotatable bonds is 7. The Morgan fingerprint density at radius 3 is 2.46 bits per heavy atom. The third-order valence-corrected chi connectivity index (χ3v) is 3.75. The van der Waals surface area contributed by atoms with E-state index < -0.39 is 34.7 Å². The van der Waals surface area contributed by atoms with Crippen LogP contribution in [0.2, 0.25) is 0 Å². The molecule has 2 N–H and O–H groups in total. The highest BCUT2D eigenvalue weighted by Crippen LogP contribution is 2.29. The molecule has 0 saturated carbocycles. The standard InChI is InChI=1S/C16H17F2NO4S/c1-10-2-4-11(5-3-10)12(9-23-24(20)21)8-22-16-14(19)7-6-13(17)15(16)18/h2-7,12H,8-9,19H2,1H3,(H,20,21)/p-1. The minimum atomic E-state index is -2.69. The maximum atomic E-state index is 13.8. The fourth-order valence-corrected chi connectivity index (χ4v) is 2.37. The van der Waals surface area contributed by atoms with Crippen molar-refractivity contribution in [3.05, 3.63) is 59.2 Å². The molecule has 0 fully saturated rings. The van der Waals surface area contributed by atoms with Crippen molar-refractivity contribution >= 4 is 17.0 Å². The van der Waals surface area contributed by atoms with E-state index in [1.807, 2.05) is 19.1 Å². The van der Waals surface area contributed by atoms with Gasteiger partial charge in [-0.25, -0.2) is 8.60 Å². The number of halogens is 2. The van der Waals surface area contributed by atoms with Crippen LogP contribution >= 0.6 is 0 Å². The lowest BCUT2D eigenvalue weighted by atomic mass is 10.00. The average Bonchev–Trinajstić information content (AvgIpc) is 2.54. The van der Waals surface area contributed by atoms with Crippen molar-refractivity contribution in [1.29, 1.82) is 0 Å². The van der Waals surface area contributed by atoms with Gasteiger partial charge in [-0.3, -0.25) is 0 Å². The van der Waals surface area contributed by atoms with Crippen LogP contribution in [0.15, 0.2) is 36.4 Å². The van der Waals surface area contributed by atoms with Gasteiger partial charge in [-0.05, 0) is 24.6 Å². The number of nitrogen functional groups attached to an aromatic ring is 1. The molecule has 2 aromatic carbocycles. The van der Waals surface area contributed by atoms with Gasteiger partial charge in [0.2, 0.25) is 5.82 Å². The van der Waals surface area contributed by atoms with E-state index >= 15 is 0 Å². The number of hydrogen-bond donors (Lipinski definition) is 1. The maximum Gasteiger partial charge on any atom is 0.202 e. The topological polar surface area (TPSA) is 84.6 Å². The quantitative estimate of drug-likeness (QED) is 0.609. The van der Waals surface area contributed by atoms with Crippen molar-refractivity contribution in [2.24, 2.45) is 0 Å². The normalized spacial score (nSPS) is 13.5. The van der Waals surface area contributed by atoms with Crippen LogP contribution < -0.4 is 10.5 Å². The van der Waals surface area contributed by atoms with E-state index in [4.69, 9.17) is 10.5 Å². The Bertz CT molecular complexity index is 725. The minimum Gasteiger partial charge on any atom is -0.750 e. The number of hydrogen-bond acceptors (Lipinski definition) is 5. The lowest BCUT2D eigenvalue weighted by Crippen LogP contribution is -2.18. The monoisotopic (exact) mass is 356 g/mol. The first kappa shape index (κ1) is 18.3. The fourth-order valence-electron chi connectivity index (χ4n) is 2.09. The summed E-state index contributed by atoms with van der Waals surface area (Å²) < 4.78 is 58.2. The molecule has 0 spiro atoms. The second-order valence-electron chi connectivity index (χ2n) is 5.19. The van der Waals surface area contributed by atoms with Crippen molar-refractivity contribution in [1.82, 2.24) is 0 Å². The molecule has 0 amide bonds. The Kier molecular flexibility index (Phi) is 6.24. The Balaban J connectivity index is 2.18. The van der Waals surface area contributed by atoms with Gasteiger partial charge in [0, 0.05) is 5.92 Å². The van der Waals surface area contributed by atoms with Crippen LogP contribution in [0.4, 0.5) is 14.5 Å². The third-order valence-electron chi connectivity index (χ3n) is 3.42. The highest BCUT2D eigenvalue weighted by Gasteiger charge is 2.18. The molecular formula is C16H16F2NO4S-. The Morgan fingerprint density at radius 1 is 1.17 bits per heavy atom. The average molecular weight is 356 g/mol. The van der Waals surface area contributed by atoms with Crippen molar-refractivity contribution < 1.29 is 26.5 Å². The fraction of sp³-hybridized carbons (Fsp3) is 0.250. The molecule has 2 unspecified atom stereocenters. The van der Waals surface area contributed by atoms with E-state index in [2.05, 4.69) is 4.18 Å². The van der Waals surface area contributed by atoms with Crippen molar-refractivity contribution in [2.45, 2.75) is 12.8 Å². The smallest absolute Gasteiger partial charge is 0.202 e. The van der Waals surface area contributed by atoms with Crippen LogP contribution in [0.5, 0.6) is 5.75 Å². The minimum absolute atomic E-state index is 0.0510. The number of nitrogens with two attached hydrogens (primary N) is 1. The number of ether oxygens (including phenoxy) is 1. The van der Waals surface area contributed by atoms with Crippen LogP contribution in [0.1, 0.15) is 17.0 Å². The summed E-state index contributed by atoms with van der Waals surface area (Å²) in [5, 5.41) is 0. The molecule has 5 nitrogen and oxygen atoms in total. The number of aryl methyl sites for hydroxylation is 1. The molecule has 130 valence electrons. The van der Waals surface area contributed by atoms with Gasteiger partial charge in [-0.2, -0.15) is 4.39 Å². The summed E-state index contributed by atoms with van der Waals surface area (Å²) in [4.78, 5) is 0. The van der Waals surface area contributed by atoms with Gasteiger partial charge >= 0.3 is 0 Å². The van der Waals surface area contributed by atoms with Crippen molar-refractivity contribution in [3.8, 4) is 5.75 Å². The van der Waals surface area contributed by atoms with E-state index in [-0.39, 0.29) is 18.9 Å². The second kappa shape index (κ2) is 8.18. The zero-order valence-electron chi connectivity index (χ0n) is 12.8. The highest BCUT2D eigenvalue weighted by molar-refractivity contribution is 7.74. The van der Waals surface area contributed by atoms with Gasteiger partial charge < -0.3 is 19.2 Å². The molecule has 0 aliphatic rings. The second-order valence-corrected chi connectivity index (χ2v) is 5.83. The maximum absolute atomic E-state index is 13.8. The first-order valence-corrected chi connectivity index (χ1v) is 8.04. The summed E-state index contributed by atoms with van der Waals surface area (Å²) in [6.07, 6.45) is 0. The predicted octanol–water partition coefficient (Wildman–Crippen LogP) is 2.83. The molecule has 2 rings (SSSR count). The largest absolute Gasteiger partial charge is 0.750 e. The summed E-state index contributed by atoms with van der Waals surface area (Å²) in [5.74, 6) is -3.19. The molecule has 0 aliphatic heterocycles. The molecule has 0 heterocycles. The van der Waals surface area contributed by atoms with Crippen molar-refractivity contribution in [3.63, 3.8) is 0 Å². The molecule has 0 bridgehead atoms. The van der Waals surface area contributed by atoms with Crippen LogP contribution in [0, 0.1) is 18.6 Å². The van der Waals surface area contributed by atoms with Crippen LogP contribution in [0.25, 0.3) is 0 Å². The van der Waals surface area contributed by atoms with Crippen LogP contribution in [-0.4, -0.2) is 22.0 Å². The molecule has 0 aliphatic carbocycles. The SMILES string of the molecule is Cc1ccc(C(COc2c(N)ccc(F)c2F)COS(=O)[O-])cc1. The van der Waals surface area contributed by atoms with Gasteiger partial charge in [0.05, 0.1) is 30.3 Å². The molecule has 2 aromatic rings. The first-order valence-electron chi connectivity index (χ1n) is 7.04. The molecular weight excluding hydrogens is 340 g/mol. The lowest BCUT2D eigenvalue weighted by Gasteiger charge is -2.20. The lowest BCUT2D eigenvalue weighted by molar-refractivity contribution is 0.212. The zero-order valence-corrected chi connectivity index (χ0v) is 13.6. The number of anilines is 1. The molecule has 0 aromatic heterocycles. The molecule has 8 heteroatoms. The highest BCUT2D eigenvalue weighted by atomic mass is 32.2. The first-order chi connectivity index (χ1) is 11.4. The summed E-state index contributed by atoms with van der Waals surface area (Å²) in [7, 11) is 0. The Hall–Kier alpha value is -2.03. The van der Waals surface area contributed by atoms with Gasteiger partial charge in [0.25, 0.3) is 0 Å². The van der Waals surface area contributed by atoms with Crippen molar-refractivity contribution in [2.75, 3.05) is 18.9 Å². The van der Waals surface area contributed by atoms with Gasteiger partial charge in [0.15, 0.2) is 11.6 Å². The van der Waals surface area contributed by atoms with E-state index in [0.717, 1.165) is 17.2 Å². The van der Waals surface area contributed by atoms with Crippen LogP contribution in [0.3, 0.4) is 0 Å². The zero-order chi connectivity index (χ0) is 17.7. The van der Waals surface area contributed by atoms with E-state index in [9.17, 15) is 17.5 Å². The molecule has 0 radical (unpaired) electrons. The summed E-state index contributed by atoms with van der Waals surface area (Å²) in [5.41, 5.74) is 7.30. The summed E-state index contributed by atoms with van der Waals surface area (Å²) in [6, 6.07) is 9.34. The summed E-state index contributed by atoms with van der Waals surface area (Å²) in [6.45, 7) is 1.57. The van der Waals surface area contributed by atoms with Gasteiger partial charge in [0.1, 0.15) is 0 Å².